The summed E-state index contributed by atoms with van der Waals surface area (Å²) in [6.07, 6.45) is 4.26. The minimum absolute atomic E-state index is 0.233. The molecule has 0 unspecified atom stereocenters. The number of pyridine rings is 2. The zero-order valence-corrected chi connectivity index (χ0v) is 14.8. The first kappa shape index (κ1) is 17.8. The van der Waals surface area contributed by atoms with E-state index in [9.17, 15) is 4.39 Å². The van der Waals surface area contributed by atoms with Crippen LogP contribution in [0.4, 0.5) is 21.8 Å². The van der Waals surface area contributed by atoms with Gasteiger partial charge in [0.2, 0.25) is 11.8 Å². The molecule has 0 saturated carbocycles. The molecule has 9 heteroatoms. The van der Waals surface area contributed by atoms with Gasteiger partial charge in [0.25, 0.3) is 0 Å². The first-order valence-electron chi connectivity index (χ1n) is 7.73. The van der Waals surface area contributed by atoms with Crippen LogP contribution in [0.25, 0.3) is 0 Å². The van der Waals surface area contributed by atoms with E-state index in [1.54, 1.807) is 24.4 Å². The van der Waals surface area contributed by atoms with Gasteiger partial charge in [0, 0.05) is 6.20 Å². The van der Waals surface area contributed by atoms with Crippen molar-refractivity contribution in [2.75, 3.05) is 17.7 Å². The van der Waals surface area contributed by atoms with Crippen LogP contribution in [0.2, 0.25) is 5.02 Å². The fourth-order valence-electron chi connectivity index (χ4n) is 2.22. The fourth-order valence-corrected chi connectivity index (χ4v) is 2.37. The van der Waals surface area contributed by atoms with Gasteiger partial charge in [-0.3, -0.25) is 4.98 Å². The Hall–Kier alpha value is -3.00. The molecule has 3 rings (SSSR count). The second-order valence-electron chi connectivity index (χ2n) is 5.34. The summed E-state index contributed by atoms with van der Waals surface area (Å²) in [6.45, 7) is 1.87. The lowest BCUT2D eigenvalue weighted by atomic mass is 10.2. The first-order valence-corrected chi connectivity index (χ1v) is 8.11. The molecule has 0 aliphatic carbocycles. The molecule has 0 aliphatic heterocycles. The van der Waals surface area contributed by atoms with Crippen molar-refractivity contribution in [2.24, 2.45) is 0 Å². The number of hydrogen-bond acceptors (Lipinski definition) is 7. The average molecular weight is 375 g/mol. The number of anilines is 3. The summed E-state index contributed by atoms with van der Waals surface area (Å²) in [5, 5.41) is 6.53. The van der Waals surface area contributed by atoms with Crippen LogP contribution >= 0.6 is 11.6 Å². The second kappa shape index (κ2) is 7.92. The third-order valence-electron chi connectivity index (χ3n) is 3.50. The first-order chi connectivity index (χ1) is 12.6. The van der Waals surface area contributed by atoms with E-state index >= 15 is 0 Å². The molecule has 1 atom stereocenters. The molecular weight excluding hydrogens is 359 g/mol. The normalized spacial score (nSPS) is 11.7. The lowest BCUT2D eigenvalue weighted by molar-refractivity contribution is 0.400. The predicted molar refractivity (Wildman–Crippen MR) is 97.3 cm³/mol. The maximum atomic E-state index is 13.0. The van der Waals surface area contributed by atoms with Gasteiger partial charge in [-0.1, -0.05) is 11.6 Å². The molecule has 7 nitrogen and oxygen atoms in total. The van der Waals surface area contributed by atoms with Gasteiger partial charge in [-0.05, 0) is 31.2 Å². The van der Waals surface area contributed by atoms with Gasteiger partial charge < -0.3 is 15.4 Å². The molecule has 0 radical (unpaired) electrons. The van der Waals surface area contributed by atoms with E-state index in [0.29, 0.717) is 34.1 Å². The summed E-state index contributed by atoms with van der Waals surface area (Å²) in [5.74, 6) is 0.774. The number of hydrogen-bond donors (Lipinski definition) is 2. The molecule has 0 saturated heterocycles. The number of methoxy groups -OCH3 is 1. The van der Waals surface area contributed by atoms with E-state index in [1.165, 1.54) is 19.4 Å². The predicted octanol–water partition coefficient (Wildman–Crippen LogP) is 3.98. The van der Waals surface area contributed by atoms with E-state index in [1.807, 2.05) is 6.92 Å². The van der Waals surface area contributed by atoms with Crippen molar-refractivity contribution in [3.8, 4) is 5.88 Å². The monoisotopic (exact) mass is 374 g/mol. The summed E-state index contributed by atoms with van der Waals surface area (Å²) in [4.78, 5) is 16.7. The van der Waals surface area contributed by atoms with Crippen LogP contribution < -0.4 is 15.4 Å². The minimum Gasteiger partial charge on any atom is -0.480 e. The van der Waals surface area contributed by atoms with Crippen LogP contribution in [0.3, 0.4) is 0 Å². The highest BCUT2D eigenvalue weighted by atomic mass is 35.5. The fraction of sp³-hybridized carbons (Fsp3) is 0.176. The summed E-state index contributed by atoms with van der Waals surface area (Å²) in [5.41, 5.74) is 1.28. The second-order valence-corrected chi connectivity index (χ2v) is 5.75. The maximum absolute atomic E-state index is 13.0. The number of ether oxygens (including phenoxy) is 1. The summed E-state index contributed by atoms with van der Waals surface area (Å²) in [6, 6.07) is 6.28. The Morgan fingerprint density at radius 1 is 1.15 bits per heavy atom. The van der Waals surface area contributed by atoms with E-state index in [-0.39, 0.29) is 6.04 Å². The Morgan fingerprint density at radius 2 is 2.00 bits per heavy atom. The van der Waals surface area contributed by atoms with Crippen molar-refractivity contribution in [2.45, 2.75) is 13.0 Å². The Labute approximate surface area is 154 Å². The number of nitrogens with zero attached hydrogens (tertiary/aromatic N) is 4. The Kier molecular flexibility index (Phi) is 5.43. The number of aromatic nitrogens is 4. The smallest absolute Gasteiger partial charge is 0.237 e. The van der Waals surface area contributed by atoms with Crippen LogP contribution in [0.5, 0.6) is 5.88 Å². The van der Waals surface area contributed by atoms with Gasteiger partial charge in [-0.25, -0.2) is 14.4 Å². The van der Waals surface area contributed by atoms with Crippen molar-refractivity contribution in [3.05, 3.63) is 59.4 Å². The molecule has 3 aromatic rings. The molecule has 3 heterocycles. The molecule has 3 aromatic heterocycles. The van der Waals surface area contributed by atoms with Crippen LogP contribution in [0.15, 0.2) is 42.9 Å². The number of rotatable bonds is 6. The van der Waals surface area contributed by atoms with Crippen LogP contribution in [0, 0.1) is 5.82 Å². The zero-order valence-electron chi connectivity index (χ0n) is 14.1. The SMILES string of the molecule is COc1ncccc1Nc1ncc(Cl)c(N[C@@H](C)c2ccc(F)cn2)n1. The van der Waals surface area contributed by atoms with Crippen molar-refractivity contribution >= 4 is 29.1 Å². The standard InChI is InChI=1S/C17H16ClFN6O/c1-10(13-6-5-11(19)8-21-13)23-15-12(18)9-22-17(25-15)24-14-4-3-7-20-16(14)26-2/h3-10H,1-2H3,(H2,22,23,24,25)/t10-/m0/s1. The molecule has 0 amide bonds. The highest BCUT2D eigenvalue weighted by Crippen LogP contribution is 2.27. The van der Waals surface area contributed by atoms with E-state index in [2.05, 4.69) is 30.6 Å². The highest BCUT2D eigenvalue weighted by Gasteiger charge is 2.13. The quantitative estimate of drug-likeness (QED) is 0.674. The largest absolute Gasteiger partial charge is 0.480 e. The molecule has 134 valence electrons. The lowest BCUT2D eigenvalue weighted by Gasteiger charge is -2.16. The summed E-state index contributed by atoms with van der Waals surface area (Å²) in [7, 11) is 1.53. The van der Waals surface area contributed by atoms with Crippen molar-refractivity contribution in [1.82, 2.24) is 19.9 Å². The topological polar surface area (TPSA) is 84.9 Å². The number of halogens is 2. The Morgan fingerprint density at radius 3 is 2.73 bits per heavy atom. The van der Waals surface area contributed by atoms with Crippen LogP contribution in [-0.2, 0) is 0 Å². The molecule has 2 N–H and O–H groups in total. The van der Waals surface area contributed by atoms with Crippen molar-refractivity contribution in [3.63, 3.8) is 0 Å². The summed E-state index contributed by atoms with van der Waals surface area (Å²) < 4.78 is 18.2. The molecule has 0 fully saturated rings. The van der Waals surface area contributed by atoms with Crippen molar-refractivity contribution < 1.29 is 9.13 Å². The molecular formula is C17H16ClFN6O. The molecule has 0 spiro atoms. The van der Waals surface area contributed by atoms with E-state index < -0.39 is 5.82 Å². The van der Waals surface area contributed by atoms with Gasteiger partial charge in [0.15, 0.2) is 5.82 Å². The van der Waals surface area contributed by atoms with Gasteiger partial charge in [-0.15, -0.1) is 0 Å². The Bertz CT molecular complexity index is 893. The zero-order chi connectivity index (χ0) is 18.5. The third-order valence-corrected chi connectivity index (χ3v) is 3.78. The minimum atomic E-state index is -0.391. The maximum Gasteiger partial charge on any atom is 0.237 e. The van der Waals surface area contributed by atoms with Crippen LogP contribution in [0.1, 0.15) is 18.7 Å². The van der Waals surface area contributed by atoms with Crippen molar-refractivity contribution in [1.29, 1.82) is 0 Å². The molecule has 0 bridgehead atoms. The average Bonchev–Trinajstić information content (AvgIpc) is 2.65. The number of nitrogens with one attached hydrogen (secondary N) is 2. The van der Waals surface area contributed by atoms with Gasteiger partial charge >= 0.3 is 0 Å². The highest BCUT2D eigenvalue weighted by molar-refractivity contribution is 6.32. The lowest BCUT2D eigenvalue weighted by Crippen LogP contribution is -2.11. The van der Waals surface area contributed by atoms with E-state index in [0.717, 1.165) is 6.20 Å². The van der Waals surface area contributed by atoms with E-state index in [4.69, 9.17) is 16.3 Å². The molecule has 0 aliphatic rings. The van der Waals surface area contributed by atoms with Crippen LogP contribution in [-0.4, -0.2) is 27.0 Å². The molecule has 0 aromatic carbocycles. The van der Waals surface area contributed by atoms with Gasteiger partial charge in [-0.2, -0.15) is 4.98 Å². The summed E-state index contributed by atoms with van der Waals surface area (Å²) >= 11 is 6.18. The van der Waals surface area contributed by atoms with Gasteiger partial charge in [0.05, 0.1) is 31.2 Å². The third kappa shape index (κ3) is 4.15. The molecule has 26 heavy (non-hydrogen) atoms. The van der Waals surface area contributed by atoms with Gasteiger partial charge in [0.1, 0.15) is 16.5 Å². The Balaban J connectivity index is 1.80.